The number of hydrogen-bond donors (Lipinski definition) is 1. The lowest BCUT2D eigenvalue weighted by atomic mass is 10.0. The smallest absolute Gasteiger partial charge is 0.127 e. The molecule has 0 aliphatic carbocycles. The summed E-state index contributed by atoms with van der Waals surface area (Å²) in [6.45, 7) is 2.90. The van der Waals surface area contributed by atoms with Gasteiger partial charge >= 0.3 is 0 Å². The van der Waals surface area contributed by atoms with Crippen LogP contribution in [0.1, 0.15) is 30.5 Å². The highest BCUT2D eigenvalue weighted by atomic mass is 19.1. The van der Waals surface area contributed by atoms with Crippen LogP contribution >= 0.6 is 0 Å². The Hall–Kier alpha value is -1.74. The highest BCUT2D eigenvalue weighted by Crippen LogP contribution is 2.19. The van der Waals surface area contributed by atoms with Crippen molar-refractivity contribution in [1.82, 2.24) is 10.3 Å². The number of rotatable bonds is 6. The Morgan fingerprint density at radius 1 is 1.16 bits per heavy atom. The maximum atomic E-state index is 13.7. The molecule has 0 aliphatic heterocycles. The Morgan fingerprint density at radius 3 is 2.58 bits per heavy atom. The molecular formula is C16H19FN2. The number of pyridine rings is 1. The minimum absolute atomic E-state index is 0.0723. The minimum Gasteiger partial charge on any atom is -0.310 e. The first kappa shape index (κ1) is 13.7. The average molecular weight is 258 g/mol. The van der Waals surface area contributed by atoms with Crippen molar-refractivity contribution in [2.24, 2.45) is 0 Å². The molecule has 1 N–H and O–H groups in total. The summed E-state index contributed by atoms with van der Waals surface area (Å²) in [5.41, 5.74) is 1.99. The monoisotopic (exact) mass is 258 g/mol. The van der Waals surface area contributed by atoms with E-state index >= 15 is 0 Å². The fourth-order valence-electron chi connectivity index (χ4n) is 2.17. The molecule has 0 aliphatic rings. The topological polar surface area (TPSA) is 24.9 Å². The second-order valence-corrected chi connectivity index (χ2v) is 4.54. The molecule has 19 heavy (non-hydrogen) atoms. The molecule has 1 unspecified atom stereocenters. The number of hydrogen-bond acceptors (Lipinski definition) is 2. The number of halogens is 1. The van der Waals surface area contributed by atoms with E-state index in [1.165, 1.54) is 11.6 Å². The third-order valence-electron chi connectivity index (χ3n) is 3.24. The number of nitrogens with one attached hydrogen (secondary N) is 1. The fourth-order valence-corrected chi connectivity index (χ4v) is 2.17. The third-order valence-corrected chi connectivity index (χ3v) is 3.24. The van der Waals surface area contributed by atoms with Crippen molar-refractivity contribution in [3.63, 3.8) is 0 Å². The summed E-state index contributed by atoms with van der Waals surface area (Å²) in [5, 5.41) is 3.41. The zero-order chi connectivity index (χ0) is 13.5. The van der Waals surface area contributed by atoms with Crippen LogP contribution in [0.2, 0.25) is 0 Å². The van der Waals surface area contributed by atoms with E-state index in [2.05, 4.69) is 17.2 Å². The zero-order valence-corrected chi connectivity index (χ0v) is 11.1. The Bertz CT molecular complexity index is 499. The molecule has 2 aromatic rings. The molecule has 0 bridgehead atoms. The molecule has 2 nitrogen and oxygen atoms in total. The summed E-state index contributed by atoms with van der Waals surface area (Å²) >= 11 is 0. The SMILES string of the molecule is CCC(NCCc1ccncc1)c1ccccc1F. The lowest BCUT2D eigenvalue weighted by Gasteiger charge is -2.18. The summed E-state index contributed by atoms with van der Waals surface area (Å²) < 4.78 is 13.7. The van der Waals surface area contributed by atoms with Crippen molar-refractivity contribution in [1.29, 1.82) is 0 Å². The summed E-state index contributed by atoms with van der Waals surface area (Å²) in [5.74, 6) is -0.134. The van der Waals surface area contributed by atoms with Gasteiger partial charge in [0, 0.05) is 24.0 Å². The Morgan fingerprint density at radius 2 is 1.89 bits per heavy atom. The van der Waals surface area contributed by atoms with Crippen LogP contribution in [0.4, 0.5) is 4.39 Å². The van der Waals surface area contributed by atoms with Gasteiger partial charge < -0.3 is 5.32 Å². The van der Waals surface area contributed by atoms with E-state index in [0.29, 0.717) is 0 Å². The predicted molar refractivity (Wildman–Crippen MR) is 75.4 cm³/mol. The standard InChI is InChI=1S/C16H19FN2/c1-2-16(14-5-3-4-6-15(14)17)19-12-9-13-7-10-18-11-8-13/h3-8,10-11,16,19H,2,9,12H2,1H3. The molecule has 1 aromatic heterocycles. The molecule has 100 valence electrons. The molecule has 3 heteroatoms. The first-order valence-corrected chi connectivity index (χ1v) is 6.68. The van der Waals surface area contributed by atoms with Crippen LogP contribution in [0.3, 0.4) is 0 Å². The van der Waals surface area contributed by atoms with Gasteiger partial charge in [0.2, 0.25) is 0 Å². The van der Waals surface area contributed by atoms with Gasteiger partial charge in [-0.3, -0.25) is 4.98 Å². The van der Waals surface area contributed by atoms with Gasteiger partial charge in [0.1, 0.15) is 5.82 Å². The van der Waals surface area contributed by atoms with E-state index in [4.69, 9.17) is 0 Å². The summed E-state index contributed by atoms with van der Waals surface area (Å²) in [4.78, 5) is 3.99. The minimum atomic E-state index is -0.134. The molecule has 2 rings (SSSR count). The summed E-state index contributed by atoms with van der Waals surface area (Å²) in [6.07, 6.45) is 5.39. The van der Waals surface area contributed by atoms with Crippen LogP contribution in [0.5, 0.6) is 0 Å². The molecule has 1 aromatic carbocycles. The van der Waals surface area contributed by atoms with Crippen molar-refractivity contribution in [3.8, 4) is 0 Å². The van der Waals surface area contributed by atoms with Gasteiger partial charge in [-0.2, -0.15) is 0 Å². The zero-order valence-electron chi connectivity index (χ0n) is 11.1. The Labute approximate surface area is 113 Å². The molecule has 1 heterocycles. The van der Waals surface area contributed by atoms with Crippen LogP contribution < -0.4 is 5.32 Å². The Balaban J connectivity index is 1.92. The van der Waals surface area contributed by atoms with E-state index in [-0.39, 0.29) is 11.9 Å². The van der Waals surface area contributed by atoms with Gasteiger partial charge in [-0.05, 0) is 43.1 Å². The van der Waals surface area contributed by atoms with Crippen molar-refractivity contribution in [3.05, 3.63) is 65.7 Å². The normalized spacial score (nSPS) is 12.3. The highest BCUT2D eigenvalue weighted by Gasteiger charge is 2.12. The van der Waals surface area contributed by atoms with Crippen molar-refractivity contribution < 1.29 is 4.39 Å². The summed E-state index contributed by atoms with van der Waals surface area (Å²) in [6, 6.07) is 11.1. The maximum absolute atomic E-state index is 13.7. The largest absolute Gasteiger partial charge is 0.310 e. The van der Waals surface area contributed by atoms with Crippen molar-refractivity contribution >= 4 is 0 Å². The van der Waals surface area contributed by atoms with Gasteiger partial charge in [-0.25, -0.2) is 4.39 Å². The van der Waals surface area contributed by atoms with Crippen LogP contribution in [-0.2, 0) is 6.42 Å². The third kappa shape index (κ3) is 3.86. The molecule has 0 amide bonds. The molecular weight excluding hydrogens is 239 g/mol. The van der Waals surface area contributed by atoms with E-state index in [0.717, 1.165) is 24.9 Å². The van der Waals surface area contributed by atoms with Gasteiger partial charge in [0.25, 0.3) is 0 Å². The molecule has 1 atom stereocenters. The van der Waals surface area contributed by atoms with E-state index in [1.54, 1.807) is 18.5 Å². The lowest BCUT2D eigenvalue weighted by molar-refractivity contribution is 0.491. The van der Waals surface area contributed by atoms with E-state index in [1.807, 2.05) is 24.3 Å². The first-order valence-electron chi connectivity index (χ1n) is 6.68. The molecule has 0 spiro atoms. The number of nitrogens with zero attached hydrogens (tertiary/aromatic N) is 1. The van der Waals surface area contributed by atoms with Crippen LogP contribution in [0, 0.1) is 5.82 Å². The molecule has 0 fully saturated rings. The maximum Gasteiger partial charge on any atom is 0.127 e. The average Bonchev–Trinajstić information content (AvgIpc) is 2.46. The quantitative estimate of drug-likeness (QED) is 0.857. The molecule has 0 saturated heterocycles. The van der Waals surface area contributed by atoms with E-state index < -0.39 is 0 Å². The second-order valence-electron chi connectivity index (χ2n) is 4.54. The number of benzene rings is 1. The molecule has 0 radical (unpaired) electrons. The lowest BCUT2D eigenvalue weighted by Crippen LogP contribution is -2.24. The van der Waals surface area contributed by atoms with Crippen LogP contribution in [-0.4, -0.2) is 11.5 Å². The van der Waals surface area contributed by atoms with Gasteiger partial charge in [-0.15, -0.1) is 0 Å². The predicted octanol–water partition coefficient (Wildman–Crippen LogP) is 3.50. The van der Waals surface area contributed by atoms with Gasteiger partial charge in [0.15, 0.2) is 0 Å². The van der Waals surface area contributed by atoms with Crippen LogP contribution in [0.15, 0.2) is 48.8 Å². The van der Waals surface area contributed by atoms with Gasteiger partial charge in [0.05, 0.1) is 0 Å². The fraction of sp³-hybridized carbons (Fsp3) is 0.312. The molecule has 0 saturated carbocycles. The van der Waals surface area contributed by atoms with Crippen LogP contribution in [0.25, 0.3) is 0 Å². The highest BCUT2D eigenvalue weighted by molar-refractivity contribution is 5.21. The summed E-state index contributed by atoms with van der Waals surface area (Å²) in [7, 11) is 0. The number of aromatic nitrogens is 1. The van der Waals surface area contributed by atoms with E-state index in [9.17, 15) is 4.39 Å². The van der Waals surface area contributed by atoms with Crippen molar-refractivity contribution in [2.45, 2.75) is 25.8 Å². The Kier molecular flexibility index (Phi) is 5.04. The van der Waals surface area contributed by atoms with Gasteiger partial charge in [-0.1, -0.05) is 25.1 Å². The second kappa shape index (κ2) is 7.00. The van der Waals surface area contributed by atoms with Crippen molar-refractivity contribution in [2.75, 3.05) is 6.54 Å². The first-order chi connectivity index (χ1) is 9.31.